The average Bonchev–Trinajstić information content (AvgIpc) is 3.64. The molecule has 9 heteroatoms. The van der Waals surface area contributed by atoms with Gasteiger partial charge in [-0.3, -0.25) is 9.78 Å². The van der Waals surface area contributed by atoms with Crippen molar-refractivity contribution in [2.45, 2.75) is 36.7 Å². The first kappa shape index (κ1) is 21.7. The van der Waals surface area contributed by atoms with Crippen molar-refractivity contribution in [3.63, 3.8) is 0 Å². The van der Waals surface area contributed by atoms with Gasteiger partial charge in [-0.1, -0.05) is 6.07 Å². The number of rotatable bonds is 8. The van der Waals surface area contributed by atoms with Gasteiger partial charge in [-0.25, -0.2) is 8.42 Å². The van der Waals surface area contributed by atoms with Gasteiger partial charge in [0.15, 0.2) is 0 Å². The third kappa shape index (κ3) is 5.06. The van der Waals surface area contributed by atoms with Crippen molar-refractivity contribution in [3.05, 3.63) is 53.9 Å². The molecule has 0 radical (unpaired) electrons. The Balaban J connectivity index is 1.55. The van der Waals surface area contributed by atoms with Gasteiger partial charge in [-0.05, 0) is 48.2 Å². The molecular weight excluding hydrogens is 418 g/mol. The zero-order valence-electron chi connectivity index (χ0n) is 17.6. The molecule has 1 saturated heterocycles. The number of carbonyl (C=O) groups is 1. The molecule has 0 atom stereocenters. The molecule has 1 aliphatic heterocycles. The summed E-state index contributed by atoms with van der Waals surface area (Å²) < 4.78 is 38.4. The first-order chi connectivity index (χ1) is 15.0. The van der Waals surface area contributed by atoms with Gasteiger partial charge in [0.1, 0.15) is 10.6 Å². The minimum atomic E-state index is -3.74. The summed E-state index contributed by atoms with van der Waals surface area (Å²) in [6.45, 7) is 1.86. The van der Waals surface area contributed by atoms with E-state index in [1.807, 2.05) is 17.0 Å². The van der Waals surface area contributed by atoms with Crippen LogP contribution in [0.3, 0.4) is 0 Å². The summed E-state index contributed by atoms with van der Waals surface area (Å²) in [7, 11) is -2.29. The van der Waals surface area contributed by atoms with E-state index in [0.29, 0.717) is 38.4 Å². The van der Waals surface area contributed by atoms with Gasteiger partial charge in [0.25, 0.3) is 0 Å². The molecular formula is C22H27N3O5S. The molecule has 4 rings (SSSR count). The van der Waals surface area contributed by atoms with E-state index in [9.17, 15) is 13.2 Å². The molecule has 2 heterocycles. The molecule has 1 aromatic carbocycles. The topological polar surface area (TPSA) is 89.0 Å². The Kier molecular flexibility index (Phi) is 6.54. The lowest BCUT2D eigenvalue weighted by molar-refractivity contribution is -0.131. The lowest BCUT2D eigenvalue weighted by Gasteiger charge is -2.27. The number of amides is 1. The summed E-state index contributed by atoms with van der Waals surface area (Å²) in [6, 6.07) is 9.01. The van der Waals surface area contributed by atoms with Crippen LogP contribution in [0.4, 0.5) is 0 Å². The number of nitrogens with zero attached hydrogens (tertiary/aromatic N) is 3. The van der Waals surface area contributed by atoms with Crippen molar-refractivity contribution < 1.29 is 22.7 Å². The Morgan fingerprint density at radius 3 is 2.52 bits per heavy atom. The highest BCUT2D eigenvalue weighted by molar-refractivity contribution is 7.89. The monoisotopic (exact) mass is 445 g/mol. The number of methoxy groups -OCH3 is 1. The van der Waals surface area contributed by atoms with Crippen LogP contribution < -0.4 is 4.74 Å². The lowest BCUT2D eigenvalue weighted by Crippen LogP contribution is -2.40. The molecule has 1 aromatic heterocycles. The number of aromatic nitrogens is 1. The Labute approximate surface area is 182 Å². The Morgan fingerprint density at radius 1 is 1.16 bits per heavy atom. The highest BCUT2D eigenvalue weighted by atomic mass is 32.2. The lowest BCUT2D eigenvalue weighted by atomic mass is 10.1. The Morgan fingerprint density at radius 2 is 1.87 bits per heavy atom. The first-order valence-corrected chi connectivity index (χ1v) is 11.9. The smallest absolute Gasteiger partial charge is 0.246 e. The molecule has 0 spiro atoms. The molecule has 0 N–H and O–H groups in total. The Hall–Kier alpha value is -2.49. The third-order valence-corrected chi connectivity index (χ3v) is 7.50. The first-order valence-electron chi connectivity index (χ1n) is 10.4. The maximum atomic E-state index is 13.2. The minimum Gasteiger partial charge on any atom is -0.495 e. The van der Waals surface area contributed by atoms with Crippen LogP contribution >= 0.6 is 0 Å². The maximum absolute atomic E-state index is 13.2. The van der Waals surface area contributed by atoms with Crippen LogP contribution in [-0.2, 0) is 32.5 Å². The Bertz CT molecular complexity index is 1020. The van der Waals surface area contributed by atoms with E-state index in [-0.39, 0.29) is 29.0 Å². The van der Waals surface area contributed by atoms with Crippen LogP contribution in [0.2, 0.25) is 0 Å². The summed E-state index contributed by atoms with van der Waals surface area (Å²) >= 11 is 0. The van der Waals surface area contributed by atoms with E-state index in [1.165, 1.54) is 11.4 Å². The predicted molar refractivity (Wildman–Crippen MR) is 114 cm³/mol. The number of sulfonamides is 1. The molecule has 166 valence electrons. The van der Waals surface area contributed by atoms with Crippen LogP contribution in [0.25, 0.3) is 0 Å². The number of hydrogen-bond donors (Lipinski definition) is 0. The second-order valence-corrected chi connectivity index (χ2v) is 9.69. The number of benzene rings is 1. The molecule has 2 fully saturated rings. The molecule has 1 saturated carbocycles. The molecule has 0 unspecified atom stereocenters. The maximum Gasteiger partial charge on any atom is 0.246 e. The van der Waals surface area contributed by atoms with Crippen LogP contribution in [0.1, 0.15) is 24.0 Å². The highest BCUT2D eigenvalue weighted by Crippen LogP contribution is 2.31. The summed E-state index contributed by atoms with van der Waals surface area (Å²) in [4.78, 5) is 19.1. The van der Waals surface area contributed by atoms with Gasteiger partial charge in [-0.15, -0.1) is 0 Å². The van der Waals surface area contributed by atoms with Crippen LogP contribution in [0.5, 0.6) is 5.75 Å². The fourth-order valence-corrected chi connectivity index (χ4v) is 5.34. The van der Waals surface area contributed by atoms with Gasteiger partial charge in [0.2, 0.25) is 15.9 Å². The molecule has 2 aliphatic rings. The number of morpholine rings is 1. The molecule has 8 nitrogen and oxygen atoms in total. The van der Waals surface area contributed by atoms with Crippen molar-refractivity contribution in [2.75, 3.05) is 33.4 Å². The number of carbonyl (C=O) groups excluding carboxylic acids is 1. The zero-order chi connectivity index (χ0) is 21.8. The second-order valence-electron chi connectivity index (χ2n) is 7.79. The van der Waals surface area contributed by atoms with E-state index < -0.39 is 10.0 Å². The number of ether oxygens (including phenoxy) is 2. The summed E-state index contributed by atoms with van der Waals surface area (Å²) in [5, 5.41) is 0. The molecule has 31 heavy (non-hydrogen) atoms. The van der Waals surface area contributed by atoms with E-state index in [0.717, 1.165) is 18.4 Å². The standard InChI is InChI=1S/C22H27N3O5S/c1-29-20-5-2-18(14-21(20)31(27,28)24-10-12-30-13-11-24)15-22(26)25(19-3-4-19)16-17-6-8-23-9-7-17/h2,5-9,14,19H,3-4,10-13,15-16H2,1H3. The fraction of sp³-hybridized carbons (Fsp3) is 0.455. The summed E-state index contributed by atoms with van der Waals surface area (Å²) in [6.07, 6.45) is 5.57. The van der Waals surface area contributed by atoms with Crippen molar-refractivity contribution in [2.24, 2.45) is 0 Å². The van der Waals surface area contributed by atoms with Gasteiger partial charge in [-0.2, -0.15) is 4.31 Å². The van der Waals surface area contributed by atoms with Gasteiger partial charge in [0.05, 0.1) is 26.7 Å². The summed E-state index contributed by atoms with van der Waals surface area (Å²) in [5.41, 5.74) is 1.68. The number of pyridine rings is 1. The van der Waals surface area contributed by atoms with Gasteiger partial charge < -0.3 is 14.4 Å². The zero-order valence-corrected chi connectivity index (χ0v) is 18.4. The van der Waals surface area contributed by atoms with E-state index in [1.54, 1.807) is 30.6 Å². The van der Waals surface area contributed by atoms with Crippen LogP contribution in [0.15, 0.2) is 47.6 Å². The van der Waals surface area contributed by atoms with Crippen molar-refractivity contribution in [1.29, 1.82) is 0 Å². The van der Waals surface area contributed by atoms with Gasteiger partial charge in [0, 0.05) is 38.1 Å². The number of hydrogen-bond acceptors (Lipinski definition) is 6. The summed E-state index contributed by atoms with van der Waals surface area (Å²) in [5.74, 6) is 0.262. The predicted octanol–water partition coefficient (Wildman–Crippen LogP) is 1.84. The van der Waals surface area contributed by atoms with E-state index >= 15 is 0 Å². The van der Waals surface area contributed by atoms with Crippen LogP contribution in [0, 0.1) is 0 Å². The van der Waals surface area contributed by atoms with Crippen LogP contribution in [-0.4, -0.2) is 68.0 Å². The normalized spacial score (nSPS) is 17.3. The minimum absolute atomic E-state index is 0.0146. The van der Waals surface area contributed by atoms with Crippen molar-refractivity contribution in [1.82, 2.24) is 14.2 Å². The molecule has 0 bridgehead atoms. The van der Waals surface area contributed by atoms with E-state index in [2.05, 4.69) is 4.98 Å². The fourth-order valence-electron chi connectivity index (χ4n) is 3.73. The average molecular weight is 446 g/mol. The second kappa shape index (κ2) is 9.33. The largest absolute Gasteiger partial charge is 0.495 e. The van der Waals surface area contributed by atoms with Gasteiger partial charge >= 0.3 is 0 Å². The van der Waals surface area contributed by atoms with Crippen molar-refractivity contribution in [3.8, 4) is 5.75 Å². The SMILES string of the molecule is COc1ccc(CC(=O)N(Cc2ccncc2)C2CC2)cc1S(=O)(=O)N1CCOCC1. The molecule has 1 amide bonds. The highest BCUT2D eigenvalue weighted by Gasteiger charge is 2.33. The van der Waals surface area contributed by atoms with E-state index in [4.69, 9.17) is 9.47 Å². The molecule has 2 aromatic rings. The third-order valence-electron chi connectivity index (χ3n) is 5.58. The molecule has 1 aliphatic carbocycles. The quantitative estimate of drug-likeness (QED) is 0.616. The van der Waals surface area contributed by atoms with Crippen molar-refractivity contribution >= 4 is 15.9 Å².